The van der Waals surface area contributed by atoms with Gasteiger partial charge in [0.1, 0.15) is 11.0 Å². The van der Waals surface area contributed by atoms with Gasteiger partial charge in [0.15, 0.2) is 5.78 Å². The van der Waals surface area contributed by atoms with E-state index in [1.807, 2.05) is 6.92 Å². The maximum absolute atomic E-state index is 14.6. The van der Waals surface area contributed by atoms with Gasteiger partial charge < -0.3 is 5.73 Å². The molecule has 0 radical (unpaired) electrons. The predicted octanol–water partition coefficient (Wildman–Crippen LogP) is 4.91. The number of hydrogen-bond donors (Lipinski definition) is 1. The Morgan fingerprint density at radius 3 is 2.67 bits per heavy atom. The van der Waals surface area contributed by atoms with Crippen LogP contribution in [-0.2, 0) is 0 Å². The molecule has 0 bridgehead atoms. The summed E-state index contributed by atoms with van der Waals surface area (Å²) in [5, 5.41) is 0.291. The van der Waals surface area contributed by atoms with Gasteiger partial charge in [-0.25, -0.2) is 9.37 Å². The molecule has 0 unspecified atom stereocenters. The summed E-state index contributed by atoms with van der Waals surface area (Å²) in [6, 6.07) is 5.42. The highest BCUT2D eigenvalue weighted by molar-refractivity contribution is 6.35. The lowest BCUT2D eigenvalue weighted by molar-refractivity contribution is 0.103. The summed E-state index contributed by atoms with van der Waals surface area (Å²) in [6.07, 6.45) is 1.83. The lowest BCUT2D eigenvalue weighted by Crippen LogP contribution is -2.14. The molecule has 0 amide bonds. The molecule has 21 heavy (non-hydrogen) atoms. The van der Waals surface area contributed by atoms with Crippen LogP contribution in [0, 0.1) is 5.82 Å². The highest BCUT2D eigenvalue weighted by Crippen LogP contribution is 2.28. The van der Waals surface area contributed by atoms with E-state index in [-0.39, 0.29) is 31.1 Å². The number of hydrogen-bond acceptors (Lipinski definition) is 3. The smallest absolute Gasteiger partial charge is 0.199 e. The Morgan fingerprint density at radius 1 is 1.38 bits per heavy atom. The van der Waals surface area contributed by atoms with Gasteiger partial charge in [-0.2, -0.15) is 0 Å². The van der Waals surface area contributed by atoms with Crippen LogP contribution in [0.5, 0.6) is 0 Å². The van der Waals surface area contributed by atoms with Crippen LogP contribution in [0.4, 0.5) is 4.39 Å². The van der Waals surface area contributed by atoms with E-state index in [4.69, 9.17) is 28.9 Å². The maximum atomic E-state index is 14.6. The van der Waals surface area contributed by atoms with E-state index >= 15 is 0 Å². The van der Waals surface area contributed by atoms with Gasteiger partial charge in [-0.05, 0) is 24.6 Å². The first-order valence-corrected chi connectivity index (χ1v) is 7.11. The van der Waals surface area contributed by atoms with E-state index in [9.17, 15) is 9.18 Å². The number of rotatable bonds is 4. The zero-order valence-corrected chi connectivity index (χ0v) is 12.7. The van der Waals surface area contributed by atoms with Crippen LogP contribution in [0.15, 0.2) is 30.5 Å². The summed E-state index contributed by atoms with van der Waals surface area (Å²) in [7, 11) is 0. The lowest BCUT2D eigenvalue weighted by atomic mass is 9.97. The van der Waals surface area contributed by atoms with Crippen LogP contribution < -0.4 is 5.73 Å². The molecule has 0 saturated heterocycles. The standard InChI is InChI=1S/C15H13Cl2FN2O.3H2/c1-2-11(19)9-4-5-10(16)13(14(9)18)15(21)8-3-6-12(17)20-7-8;;;/h3-7,11H,2,19H2,1H3;3*1H/t11-;;;/m0.../s1. The molecule has 1 aromatic carbocycles. The zero-order chi connectivity index (χ0) is 15.6. The van der Waals surface area contributed by atoms with Crippen LogP contribution in [0.1, 0.15) is 45.2 Å². The van der Waals surface area contributed by atoms with Crippen molar-refractivity contribution in [1.29, 1.82) is 0 Å². The average molecular weight is 333 g/mol. The van der Waals surface area contributed by atoms with Crippen LogP contribution in [0.3, 0.4) is 0 Å². The van der Waals surface area contributed by atoms with E-state index in [1.54, 1.807) is 0 Å². The third-order valence-corrected chi connectivity index (χ3v) is 3.72. The molecule has 116 valence electrons. The minimum absolute atomic E-state index is 0. The third kappa shape index (κ3) is 3.23. The SMILES string of the molecule is CC[C@H](N)c1ccc(Cl)c(C(=O)c2ccc(Cl)nc2)c1F.[HH].[HH].[HH]. The van der Waals surface area contributed by atoms with Crippen molar-refractivity contribution in [2.75, 3.05) is 0 Å². The van der Waals surface area contributed by atoms with Gasteiger partial charge in [-0.3, -0.25) is 4.79 Å². The van der Waals surface area contributed by atoms with Gasteiger partial charge in [0.2, 0.25) is 0 Å². The highest BCUT2D eigenvalue weighted by atomic mass is 35.5. The molecule has 2 rings (SSSR count). The zero-order valence-electron chi connectivity index (χ0n) is 11.2. The molecule has 0 fully saturated rings. The third-order valence-electron chi connectivity index (χ3n) is 3.18. The molecule has 0 saturated carbocycles. The van der Waals surface area contributed by atoms with Gasteiger partial charge in [0, 0.05) is 27.6 Å². The second-order valence-electron chi connectivity index (χ2n) is 4.54. The molecule has 2 N–H and O–H groups in total. The maximum Gasteiger partial charge on any atom is 0.199 e. The number of carbonyl (C=O) groups excluding carboxylic acids is 1. The number of benzene rings is 1. The Labute approximate surface area is 136 Å². The second kappa shape index (κ2) is 6.52. The fourth-order valence-electron chi connectivity index (χ4n) is 1.94. The molecular formula is C15H19Cl2FN2O. The molecule has 6 heteroatoms. The summed E-state index contributed by atoms with van der Waals surface area (Å²) in [4.78, 5) is 16.2. The van der Waals surface area contributed by atoms with Crippen molar-refractivity contribution in [3.63, 3.8) is 0 Å². The van der Waals surface area contributed by atoms with Crippen LogP contribution in [0.25, 0.3) is 0 Å². The molecule has 0 spiro atoms. The molecule has 1 atom stereocenters. The van der Waals surface area contributed by atoms with Crippen molar-refractivity contribution in [3.8, 4) is 0 Å². The van der Waals surface area contributed by atoms with Crippen LogP contribution >= 0.6 is 23.2 Å². The quantitative estimate of drug-likeness (QED) is 0.639. The van der Waals surface area contributed by atoms with Crippen molar-refractivity contribution in [2.45, 2.75) is 19.4 Å². The largest absolute Gasteiger partial charge is 0.324 e. The molecule has 3 nitrogen and oxygen atoms in total. The highest BCUT2D eigenvalue weighted by Gasteiger charge is 2.22. The molecule has 0 aliphatic rings. The molecule has 2 aromatic rings. The van der Waals surface area contributed by atoms with Crippen molar-refractivity contribution in [1.82, 2.24) is 4.98 Å². The number of halogens is 3. The summed E-state index contributed by atoms with van der Waals surface area (Å²) in [6.45, 7) is 1.84. The average Bonchev–Trinajstić information content (AvgIpc) is 2.47. The number of pyridine rings is 1. The summed E-state index contributed by atoms with van der Waals surface area (Å²) in [5.41, 5.74) is 6.14. The number of nitrogens with zero attached hydrogens (tertiary/aromatic N) is 1. The topological polar surface area (TPSA) is 56.0 Å². The molecule has 1 heterocycles. The number of ketones is 1. The lowest BCUT2D eigenvalue weighted by Gasteiger charge is -2.14. The minimum Gasteiger partial charge on any atom is -0.324 e. The Hall–Kier alpha value is -1.49. The van der Waals surface area contributed by atoms with Gasteiger partial charge in [-0.15, -0.1) is 0 Å². The Balaban J connectivity index is 0. The molecule has 1 aromatic heterocycles. The number of aromatic nitrogens is 1. The second-order valence-corrected chi connectivity index (χ2v) is 5.33. The number of nitrogens with two attached hydrogens (primary N) is 1. The van der Waals surface area contributed by atoms with E-state index in [0.29, 0.717) is 6.42 Å². The van der Waals surface area contributed by atoms with Gasteiger partial charge in [0.05, 0.1) is 10.6 Å². The Kier molecular flexibility index (Phi) is 4.93. The van der Waals surface area contributed by atoms with E-state index in [0.717, 1.165) is 0 Å². The van der Waals surface area contributed by atoms with Crippen LogP contribution in [-0.4, -0.2) is 10.8 Å². The Bertz CT molecular complexity index is 687. The van der Waals surface area contributed by atoms with E-state index in [2.05, 4.69) is 4.98 Å². The van der Waals surface area contributed by atoms with Gasteiger partial charge >= 0.3 is 0 Å². The summed E-state index contributed by atoms with van der Waals surface area (Å²) < 4.78 is 14.6. The minimum atomic E-state index is -0.684. The van der Waals surface area contributed by atoms with E-state index < -0.39 is 17.6 Å². The van der Waals surface area contributed by atoms with E-state index in [1.165, 1.54) is 30.5 Å². The van der Waals surface area contributed by atoms with Gasteiger partial charge in [0.25, 0.3) is 0 Å². The Morgan fingerprint density at radius 2 is 2.10 bits per heavy atom. The first kappa shape index (κ1) is 15.9. The van der Waals surface area contributed by atoms with Gasteiger partial charge in [-0.1, -0.05) is 36.2 Å². The normalized spacial score (nSPS) is 12.2. The van der Waals surface area contributed by atoms with Crippen molar-refractivity contribution < 1.29 is 13.5 Å². The van der Waals surface area contributed by atoms with Crippen molar-refractivity contribution in [3.05, 3.63) is 63.1 Å². The fourth-order valence-corrected chi connectivity index (χ4v) is 2.28. The summed E-state index contributed by atoms with van der Waals surface area (Å²) in [5.74, 6) is -1.23. The summed E-state index contributed by atoms with van der Waals surface area (Å²) >= 11 is 11.6. The monoisotopic (exact) mass is 332 g/mol. The predicted molar refractivity (Wildman–Crippen MR) is 87.7 cm³/mol. The first-order valence-electron chi connectivity index (χ1n) is 6.35. The molecule has 0 aliphatic carbocycles. The van der Waals surface area contributed by atoms with Crippen molar-refractivity contribution in [2.24, 2.45) is 5.73 Å². The van der Waals surface area contributed by atoms with Crippen molar-refractivity contribution >= 4 is 29.0 Å². The fraction of sp³-hybridized carbons (Fsp3) is 0.200. The first-order chi connectivity index (χ1) is 9.95. The number of carbonyl (C=O) groups is 1. The van der Waals surface area contributed by atoms with Crippen LogP contribution in [0.2, 0.25) is 10.2 Å². The molecule has 0 aliphatic heterocycles. The molecular weight excluding hydrogens is 314 g/mol.